The standard InChI is InChI=1S/C23H18ClN7O14S4/c24-21-27-22(25)29-23(28-21)26-11-6-9(46(34,35)36)4-8-5-15(49(43,44)45)18(20(33)16(8)11)31-30-12-7-14(48(40,41)42)10-2-1-3-13(47(37,38)39)17(10)19(12)32/h1-7,23,26,32-33H,(H,34,35,36)(H,37,38,39)(H,40,41,42)(H,43,44,45)(H3,25,27,28,29)/t23-/m1/s1. The number of anilines is 1. The lowest BCUT2D eigenvalue weighted by Crippen LogP contribution is -2.40. The molecule has 26 heteroatoms. The second-order valence-electron chi connectivity index (χ2n) is 9.74. The van der Waals surface area contributed by atoms with Crippen LogP contribution in [0.3, 0.4) is 0 Å². The number of guanidine groups is 1. The van der Waals surface area contributed by atoms with Crippen molar-refractivity contribution in [2.45, 2.75) is 25.9 Å². The lowest BCUT2D eigenvalue weighted by Gasteiger charge is -2.20. The maximum atomic E-state index is 12.4. The molecule has 260 valence electrons. The van der Waals surface area contributed by atoms with E-state index in [9.17, 15) is 62.1 Å². The van der Waals surface area contributed by atoms with E-state index in [1.54, 1.807) is 0 Å². The molecule has 10 N–H and O–H groups in total. The van der Waals surface area contributed by atoms with Gasteiger partial charge in [0.25, 0.3) is 40.5 Å². The summed E-state index contributed by atoms with van der Waals surface area (Å²) in [4.78, 5) is 3.54. The third kappa shape index (κ3) is 7.05. The van der Waals surface area contributed by atoms with Crippen molar-refractivity contribution in [3.8, 4) is 11.5 Å². The number of halogens is 1. The summed E-state index contributed by atoms with van der Waals surface area (Å²) in [6, 6.07) is 5.25. The molecule has 0 radical (unpaired) electrons. The number of azo groups is 1. The van der Waals surface area contributed by atoms with Crippen LogP contribution in [-0.4, -0.2) is 79.6 Å². The van der Waals surface area contributed by atoms with E-state index >= 15 is 0 Å². The van der Waals surface area contributed by atoms with E-state index in [2.05, 4.69) is 30.8 Å². The molecule has 21 nitrogen and oxygen atoms in total. The Bertz CT molecular complexity index is 2650. The minimum absolute atomic E-state index is 0.267. The molecule has 1 aliphatic heterocycles. The van der Waals surface area contributed by atoms with Crippen LogP contribution in [0.25, 0.3) is 21.5 Å². The Morgan fingerprint density at radius 2 is 1.39 bits per heavy atom. The van der Waals surface area contributed by atoms with Crippen molar-refractivity contribution in [3.63, 3.8) is 0 Å². The molecule has 0 unspecified atom stereocenters. The van der Waals surface area contributed by atoms with Crippen LogP contribution in [-0.2, 0) is 40.5 Å². The Morgan fingerprint density at radius 3 is 1.96 bits per heavy atom. The van der Waals surface area contributed by atoms with Gasteiger partial charge in [-0.15, -0.1) is 10.2 Å². The first kappa shape index (κ1) is 35.6. The van der Waals surface area contributed by atoms with Gasteiger partial charge in [-0.25, -0.2) is 9.98 Å². The molecule has 0 aromatic heterocycles. The summed E-state index contributed by atoms with van der Waals surface area (Å²) in [5, 5.41) is 31.6. The molecule has 5 rings (SSSR count). The molecule has 1 heterocycles. The van der Waals surface area contributed by atoms with Crippen LogP contribution in [0.5, 0.6) is 11.5 Å². The number of nitrogens with zero attached hydrogens (tertiary/aromatic N) is 4. The monoisotopic (exact) mass is 779 g/mol. The van der Waals surface area contributed by atoms with E-state index in [0.29, 0.717) is 18.2 Å². The quantitative estimate of drug-likeness (QED) is 0.0701. The number of fused-ring (bicyclic) bond motifs is 2. The molecule has 4 aromatic rings. The number of hydrogen-bond donors (Lipinski definition) is 9. The molecule has 1 atom stereocenters. The molecule has 0 spiro atoms. The van der Waals surface area contributed by atoms with Gasteiger partial charge in [0.05, 0.1) is 10.6 Å². The number of phenolic OH excluding ortho intramolecular Hbond substituents is 2. The molecule has 4 aromatic carbocycles. The SMILES string of the molecule is NC1=N[C@H](Nc2cc(S(=O)(=O)O)cc3cc(S(=O)(=O)O)c(N=Nc4cc(S(=O)(=O)O)c5cccc(S(=O)(=O)O)c5c4O)c(O)c23)N=C(Cl)N1. The highest BCUT2D eigenvalue weighted by atomic mass is 35.5. The van der Waals surface area contributed by atoms with E-state index in [1.165, 1.54) is 0 Å². The number of nitrogens with two attached hydrogens (primary N) is 1. The Kier molecular flexibility index (Phi) is 8.71. The topological polar surface area (TPSA) is 357 Å². The van der Waals surface area contributed by atoms with Gasteiger partial charge in [0.15, 0.2) is 17.5 Å². The van der Waals surface area contributed by atoms with Gasteiger partial charge in [-0.05, 0) is 47.3 Å². The van der Waals surface area contributed by atoms with Gasteiger partial charge in [-0.1, -0.05) is 12.1 Å². The number of benzene rings is 4. The molecule has 0 bridgehead atoms. The normalized spacial score (nSPS) is 16.1. The third-order valence-electron chi connectivity index (χ3n) is 6.56. The molecule has 0 saturated carbocycles. The van der Waals surface area contributed by atoms with E-state index in [0.717, 1.165) is 24.3 Å². The van der Waals surface area contributed by atoms with Crippen LogP contribution < -0.4 is 16.4 Å². The summed E-state index contributed by atoms with van der Waals surface area (Å²) in [6.07, 6.45) is -1.41. The maximum Gasteiger partial charge on any atom is 0.296 e. The molecule has 0 aliphatic carbocycles. The van der Waals surface area contributed by atoms with Crippen LogP contribution in [0.2, 0.25) is 0 Å². The van der Waals surface area contributed by atoms with Gasteiger partial charge < -0.3 is 26.6 Å². The smallest absolute Gasteiger partial charge is 0.296 e. The maximum absolute atomic E-state index is 12.4. The molecule has 0 saturated heterocycles. The van der Waals surface area contributed by atoms with Crippen LogP contribution in [0, 0.1) is 0 Å². The van der Waals surface area contributed by atoms with Gasteiger partial charge in [0, 0.05) is 16.2 Å². The number of nitrogens with one attached hydrogen (secondary N) is 2. The van der Waals surface area contributed by atoms with Crippen molar-refractivity contribution in [2.24, 2.45) is 25.9 Å². The van der Waals surface area contributed by atoms with Crippen molar-refractivity contribution < 1.29 is 62.1 Å². The minimum atomic E-state index is -5.40. The highest BCUT2D eigenvalue weighted by Crippen LogP contribution is 2.47. The summed E-state index contributed by atoms with van der Waals surface area (Å²) >= 11 is 5.85. The fraction of sp³-hybridized carbons (Fsp3) is 0.0435. The summed E-state index contributed by atoms with van der Waals surface area (Å²) in [6.45, 7) is 0. The average Bonchev–Trinajstić information content (AvgIpc) is 2.94. The largest absolute Gasteiger partial charge is 0.505 e. The first-order valence-electron chi connectivity index (χ1n) is 12.5. The average molecular weight is 780 g/mol. The van der Waals surface area contributed by atoms with Gasteiger partial charge in [0.2, 0.25) is 11.6 Å². The van der Waals surface area contributed by atoms with Gasteiger partial charge >= 0.3 is 0 Å². The number of phenols is 2. The Morgan fingerprint density at radius 1 is 0.755 bits per heavy atom. The number of hydrogen-bond acceptors (Lipinski definition) is 17. The zero-order valence-electron chi connectivity index (χ0n) is 23.4. The van der Waals surface area contributed by atoms with Crippen LogP contribution in [0.15, 0.2) is 82.3 Å². The second kappa shape index (κ2) is 12.0. The zero-order valence-corrected chi connectivity index (χ0v) is 27.5. The number of amidine groups is 1. The zero-order chi connectivity index (χ0) is 36.4. The molecular weight excluding hydrogens is 762 g/mol. The Hall–Kier alpha value is -4.73. The van der Waals surface area contributed by atoms with Gasteiger partial charge in [-0.2, -0.15) is 33.7 Å². The Balaban J connectivity index is 1.84. The summed E-state index contributed by atoms with van der Waals surface area (Å²) in [7, 11) is -20.8. The minimum Gasteiger partial charge on any atom is -0.505 e. The number of rotatable bonds is 8. The van der Waals surface area contributed by atoms with E-state index in [1.807, 2.05) is 0 Å². The summed E-state index contributed by atoms with van der Waals surface area (Å²) in [5.74, 6) is -2.60. The van der Waals surface area contributed by atoms with Crippen molar-refractivity contribution in [2.75, 3.05) is 5.32 Å². The molecule has 0 fully saturated rings. The van der Waals surface area contributed by atoms with Crippen molar-refractivity contribution in [1.29, 1.82) is 0 Å². The lowest BCUT2D eigenvalue weighted by atomic mass is 10.1. The number of aliphatic imine (C=N–C) groups is 2. The van der Waals surface area contributed by atoms with Crippen molar-refractivity contribution in [3.05, 3.63) is 42.5 Å². The lowest BCUT2D eigenvalue weighted by molar-refractivity contribution is 0.471. The molecular formula is C23H18ClN7O14S4. The summed E-state index contributed by atoms with van der Waals surface area (Å²) in [5.41, 5.74) is 3.09. The molecule has 1 aliphatic rings. The summed E-state index contributed by atoms with van der Waals surface area (Å²) < 4.78 is 137. The van der Waals surface area contributed by atoms with Crippen molar-refractivity contribution >= 4 is 102 Å². The fourth-order valence-electron chi connectivity index (χ4n) is 4.65. The third-order valence-corrected chi connectivity index (χ3v) is 10.2. The van der Waals surface area contributed by atoms with Crippen LogP contribution in [0.1, 0.15) is 0 Å². The second-order valence-corrected chi connectivity index (χ2v) is 15.7. The molecule has 0 amide bonds. The van der Waals surface area contributed by atoms with Gasteiger partial charge in [-0.3, -0.25) is 18.2 Å². The van der Waals surface area contributed by atoms with Crippen molar-refractivity contribution in [1.82, 2.24) is 5.32 Å². The predicted molar refractivity (Wildman–Crippen MR) is 170 cm³/mol. The highest BCUT2D eigenvalue weighted by molar-refractivity contribution is 7.87. The molecule has 49 heavy (non-hydrogen) atoms. The van der Waals surface area contributed by atoms with E-state index in [4.69, 9.17) is 17.3 Å². The van der Waals surface area contributed by atoms with Gasteiger partial charge in [0.1, 0.15) is 26.1 Å². The van der Waals surface area contributed by atoms with Crippen LogP contribution >= 0.6 is 11.6 Å². The fourth-order valence-corrected chi connectivity index (χ4v) is 7.46. The first-order chi connectivity index (χ1) is 22.5. The van der Waals surface area contributed by atoms with E-state index < -0.39 is 116 Å². The van der Waals surface area contributed by atoms with Crippen LogP contribution in [0.4, 0.5) is 17.1 Å². The number of aromatic hydroxyl groups is 2. The highest BCUT2D eigenvalue weighted by Gasteiger charge is 2.28. The first-order valence-corrected chi connectivity index (χ1v) is 18.6. The Labute approximate surface area is 279 Å². The predicted octanol–water partition coefficient (Wildman–Crippen LogP) is 2.01. The van der Waals surface area contributed by atoms with E-state index in [-0.39, 0.29) is 11.3 Å².